The number of carbonyl (C=O) groups is 1. The van der Waals surface area contributed by atoms with Crippen molar-refractivity contribution in [2.45, 2.75) is 13.8 Å². The van der Waals surface area contributed by atoms with Gasteiger partial charge in [-0.2, -0.15) is 0 Å². The van der Waals surface area contributed by atoms with Gasteiger partial charge >= 0.3 is 0 Å². The van der Waals surface area contributed by atoms with Crippen molar-refractivity contribution in [3.05, 3.63) is 53.0 Å². The third-order valence-electron chi connectivity index (χ3n) is 2.70. The van der Waals surface area contributed by atoms with E-state index in [9.17, 15) is 4.79 Å². The van der Waals surface area contributed by atoms with Crippen molar-refractivity contribution in [3.63, 3.8) is 0 Å². The van der Waals surface area contributed by atoms with Gasteiger partial charge in [0.05, 0.1) is 24.5 Å². The molecule has 0 amide bonds. The van der Waals surface area contributed by atoms with E-state index in [-0.39, 0.29) is 5.78 Å². The normalized spacial score (nSPS) is 10.3. The van der Waals surface area contributed by atoms with E-state index in [0.29, 0.717) is 22.6 Å². The second-order valence-corrected chi connectivity index (χ2v) is 3.92. The summed E-state index contributed by atoms with van der Waals surface area (Å²) in [7, 11) is 1.56. The Hall–Kier alpha value is -2.03. The number of carbonyl (C=O) groups excluding carboxylic acids is 1. The molecule has 3 heteroatoms. The number of benzene rings is 1. The smallest absolute Gasteiger partial charge is 0.200 e. The first kappa shape index (κ1) is 11.5. The molecule has 1 aromatic carbocycles. The number of ether oxygens (including phenoxy) is 1. The van der Waals surface area contributed by atoms with Crippen LogP contribution in [0, 0.1) is 13.8 Å². The predicted octanol–water partition coefficient (Wildman–Crippen LogP) is 3.14. The molecule has 88 valence electrons. The molecule has 1 heterocycles. The number of rotatable bonds is 3. The molecule has 17 heavy (non-hydrogen) atoms. The lowest BCUT2D eigenvalue weighted by Crippen LogP contribution is -2.04. The first-order valence-electron chi connectivity index (χ1n) is 5.37. The molecular formula is C14H14O3. The second kappa shape index (κ2) is 4.45. The van der Waals surface area contributed by atoms with Crippen LogP contribution in [0.2, 0.25) is 0 Å². The summed E-state index contributed by atoms with van der Waals surface area (Å²) in [5, 5.41) is 0. The van der Waals surface area contributed by atoms with Gasteiger partial charge in [0, 0.05) is 0 Å². The van der Waals surface area contributed by atoms with Crippen LogP contribution in [0.25, 0.3) is 0 Å². The van der Waals surface area contributed by atoms with Gasteiger partial charge in [-0.05, 0) is 32.0 Å². The zero-order valence-electron chi connectivity index (χ0n) is 10.1. The Morgan fingerprint density at radius 2 is 1.94 bits per heavy atom. The molecule has 2 aromatic rings. The highest BCUT2D eigenvalue weighted by atomic mass is 16.5. The minimum atomic E-state index is -0.0724. The fourth-order valence-electron chi connectivity index (χ4n) is 1.76. The van der Waals surface area contributed by atoms with Gasteiger partial charge < -0.3 is 9.15 Å². The van der Waals surface area contributed by atoms with E-state index in [2.05, 4.69) is 0 Å². The van der Waals surface area contributed by atoms with Gasteiger partial charge in [0.15, 0.2) is 5.78 Å². The molecule has 0 aliphatic heterocycles. The highest BCUT2D eigenvalue weighted by molar-refractivity contribution is 6.11. The Kier molecular flexibility index (Phi) is 3.00. The molecule has 0 N–H and O–H groups in total. The summed E-state index contributed by atoms with van der Waals surface area (Å²) in [5.74, 6) is 1.14. The van der Waals surface area contributed by atoms with E-state index < -0.39 is 0 Å². The molecule has 0 radical (unpaired) electrons. The lowest BCUT2D eigenvalue weighted by molar-refractivity contribution is 0.103. The van der Waals surface area contributed by atoms with E-state index in [1.54, 1.807) is 26.2 Å². The third kappa shape index (κ3) is 2.09. The number of aryl methyl sites for hydroxylation is 2. The Morgan fingerprint density at radius 1 is 1.18 bits per heavy atom. The van der Waals surface area contributed by atoms with Crippen LogP contribution in [0.1, 0.15) is 27.2 Å². The molecule has 0 saturated carbocycles. The second-order valence-electron chi connectivity index (χ2n) is 3.92. The van der Waals surface area contributed by atoms with E-state index in [1.165, 1.54) is 6.26 Å². The first-order chi connectivity index (χ1) is 8.13. The zero-order valence-corrected chi connectivity index (χ0v) is 10.1. The standard InChI is InChI=1S/C14H14O3/c1-9-4-5-13(16-3)12(8-9)14(15)11-6-7-17-10(11)2/h4-8H,1-3H3. The summed E-state index contributed by atoms with van der Waals surface area (Å²) in [6.07, 6.45) is 1.52. The van der Waals surface area contributed by atoms with Crippen LogP contribution in [0.3, 0.4) is 0 Å². The summed E-state index contributed by atoms with van der Waals surface area (Å²) < 4.78 is 10.4. The van der Waals surface area contributed by atoms with Crippen LogP contribution in [-0.2, 0) is 0 Å². The van der Waals surface area contributed by atoms with Crippen molar-refractivity contribution in [3.8, 4) is 5.75 Å². The fraction of sp³-hybridized carbons (Fsp3) is 0.214. The lowest BCUT2D eigenvalue weighted by Gasteiger charge is -2.07. The number of ketones is 1. The molecule has 0 aliphatic rings. The summed E-state index contributed by atoms with van der Waals surface area (Å²) in [5.41, 5.74) is 2.17. The molecule has 0 fully saturated rings. The minimum Gasteiger partial charge on any atom is -0.496 e. The molecule has 0 aliphatic carbocycles. The minimum absolute atomic E-state index is 0.0724. The highest BCUT2D eigenvalue weighted by Gasteiger charge is 2.17. The fourth-order valence-corrected chi connectivity index (χ4v) is 1.76. The number of methoxy groups -OCH3 is 1. The maximum absolute atomic E-state index is 12.3. The van der Waals surface area contributed by atoms with Gasteiger partial charge in [-0.15, -0.1) is 0 Å². The average Bonchev–Trinajstić information content (AvgIpc) is 2.74. The van der Waals surface area contributed by atoms with Crippen molar-refractivity contribution >= 4 is 5.78 Å². The molecule has 1 aromatic heterocycles. The van der Waals surface area contributed by atoms with E-state index >= 15 is 0 Å². The number of hydrogen-bond donors (Lipinski definition) is 0. The van der Waals surface area contributed by atoms with Crippen molar-refractivity contribution < 1.29 is 13.9 Å². The van der Waals surface area contributed by atoms with E-state index in [1.807, 2.05) is 19.1 Å². The topological polar surface area (TPSA) is 39.4 Å². The maximum atomic E-state index is 12.3. The van der Waals surface area contributed by atoms with Crippen molar-refractivity contribution in [1.82, 2.24) is 0 Å². The first-order valence-corrected chi connectivity index (χ1v) is 5.37. The monoisotopic (exact) mass is 230 g/mol. The third-order valence-corrected chi connectivity index (χ3v) is 2.70. The highest BCUT2D eigenvalue weighted by Crippen LogP contribution is 2.24. The molecule has 0 atom stereocenters. The van der Waals surface area contributed by atoms with Gasteiger partial charge in [-0.25, -0.2) is 0 Å². The molecule has 3 nitrogen and oxygen atoms in total. The van der Waals surface area contributed by atoms with Crippen molar-refractivity contribution in [2.24, 2.45) is 0 Å². The van der Waals surface area contributed by atoms with Crippen LogP contribution < -0.4 is 4.74 Å². The van der Waals surface area contributed by atoms with Crippen LogP contribution in [-0.4, -0.2) is 12.9 Å². The number of furan rings is 1. The van der Waals surface area contributed by atoms with Crippen LogP contribution in [0.4, 0.5) is 0 Å². The Bertz CT molecular complexity index is 552. The lowest BCUT2D eigenvalue weighted by atomic mass is 10.0. The maximum Gasteiger partial charge on any atom is 0.200 e. The summed E-state index contributed by atoms with van der Waals surface area (Å²) >= 11 is 0. The average molecular weight is 230 g/mol. The summed E-state index contributed by atoms with van der Waals surface area (Å²) in [6, 6.07) is 7.23. The SMILES string of the molecule is COc1ccc(C)cc1C(=O)c1ccoc1C. The predicted molar refractivity (Wildman–Crippen MR) is 64.6 cm³/mol. The Labute approximate surface area is 100 Å². The molecule has 0 saturated heterocycles. The van der Waals surface area contributed by atoms with Gasteiger partial charge in [-0.3, -0.25) is 4.79 Å². The van der Waals surface area contributed by atoms with E-state index in [0.717, 1.165) is 5.56 Å². The summed E-state index contributed by atoms with van der Waals surface area (Å²) in [6.45, 7) is 3.72. The van der Waals surface area contributed by atoms with Gasteiger partial charge in [0.1, 0.15) is 11.5 Å². The molecule has 0 spiro atoms. The van der Waals surface area contributed by atoms with Crippen LogP contribution in [0.15, 0.2) is 34.9 Å². The van der Waals surface area contributed by atoms with Crippen LogP contribution in [0.5, 0.6) is 5.75 Å². The van der Waals surface area contributed by atoms with E-state index in [4.69, 9.17) is 9.15 Å². The Balaban J connectivity index is 2.50. The van der Waals surface area contributed by atoms with Gasteiger partial charge in [-0.1, -0.05) is 11.6 Å². The Morgan fingerprint density at radius 3 is 2.53 bits per heavy atom. The quantitative estimate of drug-likeness (QED) is 0.760. The van der Waals surface area contributed by atoms with Crippen molar-refractivity contribution in [1.29, 1.82) is 0 Å². The molecular weight excluding hydrogens is 216 g/mol. The van der Waals surface area contributed by atoms with Gasteiger partial charge in [0.25, 0.3) is 0 Å². The molecule has 2 rings (SSSR count). The zero-order chi connectivity index (χ0) is 12.4. The summed E-state index contributed by atoms with van der Waals surface area (Å²) in [4.78, 5) is 12.3. The molecule has 0 unspecified atom stereocenters. The van der Waals surface area contributed by atoms with Crippen LogP contribution >= 0.6 is 0 Å². The number of hydrogen-bond acceptors (Lipinski definition) is 3. The molecule has 0 bridgehead atoms. The largest absolute Gasteiger partial charge is 0.496 e. The van der Waals surface area contributed by atoms with Crippen molar-refractivity contribution in [2.75, 3.05) is 7.11 Å². The van der Waals surface area contributed by atoms with Gasteiger partial charge in [0.2, 0.25) is 0 Å².